The Morgan fingerprint density at radius 3 is 2.48 bits per heavy atom. The third-order valence-corrected chi connectivity index (χ3v) is 6.00. The second-order valence-electron chi connectivity index (χ2n) is 5.98. The summed E-state index contributed by atoms with van der Waals surface area (Å²) < 4.78 is 1.14. The average molecular weight is 364 g/mol. The Bertz CT molecular complexity index is 543. The number of rotatable bonds is 5. The topological polar surface area (TPSA) is 12.0 Å². The minimum Gasteiger partial charge on any atom is -0.302 e. The fourth-order valence-electron chi connectivity index (χ4n) is 3.33. The summed E-state index contributed by atoms with van der Waals surface area (Å²) in [5, 5.41) is 6.09. The minimum atomic E-state index is 0.380. The van der Waals surface area contributed by atoms with Crippen LogP contribution in [-0.4, -0.2) is 0 Å². The average Bonchev–Trinajstić information content (AvgIpc) is 3.19. The zero-order chi connectivity index (χ0) is 14.7. The van der Waals surface area contributed by atoms with Gasteiger partial charge in [-0.3, -0.25) is 0 Å². The molecule has 1 aromatic heterocycles. The van der Waals surface area contributed by atoms with Crippen LogP contribution in [0, 0.1) is 5.92 Å². The first-order valence-corrected chi connectivity index (χ1v) is 9.46. The Hall–Kier alpha value is -0.640. The van der Waals surface area contributed by atoms with Gasteiger partial charge in [-0.1, -0.05) is 47.0 Å². The van der Waals surface area contributed by atoms with Crippen LogP contribution >= 0.6 is 27.3 Å². The highest BCUT2D eigenvalue weighted by Crippen LogP contribution is 2.38. The lowest BCUT2D eigenvalue weighted by atomic mass is 9.95. The van der Waals surface area contributed by atoms with Crippen molar-refractivity contribution in [3.8, 4) is 0 Å². The lowest BCUT2D eigenvalue weighted by molar-refractivity contribution is 0.343. The van der Waals surface area contributed by atoms with Crippen LogP contribution in [0.3, 0.4) is 0 Å². The highest BCUT2D eigenvalue weighted by Gasteiger charge is 2.28. The lowest BCUT2D eigenvalue weighted by Crippen LogP contribution is -2.29. The van der Waals surface area contributed by atoms with Crippen molar-refractivity contribution in [3.05, 3.63) is 56.7 Å². The summed E-state index contributed by atoms with van der Waals surface area (Å²) in [5.74, 6) is 0.793. The van der Waals surface area contributed by atoms with Gasteiger partial charge in [0.1, 0.15) is 0 Å². The van der Waals surface area contributed by atoms with Crippen molar-refractivity contribution in [2.75, 3.05) is 0 Å². The summed E-state index contributed by atoms with van der Waals surface area (Å²) in [6.07, 6.45) is 5.51. The number of hydrogen-bond acceptors (Lipinski definition) is 2. The van der Waals surface area contributed by atoms with Crippen LogP contribution in [0.4, 0.5) is 0 Å². The molecule has 1 heterocycles. The van der Waals surface area contributed by atoms with Crippen LogP contribution in [0.1, 0.15) is 55.1 Å². The maximum atomic E-state index is 3.89. The standard InChI is InChI=1S/C18H22BrNS/c1-13(14-8-10-16(19)11-9-14)20-18(15-5-2-3-6-15)17-7-4-12-21-17/h4,7-13,15,18,20H,2-3,5-6H2,1H3/t13-,18?/m0/s1. The van der Waals surface area contributed by atoms with E-state index in [1.165, 1.54) is 36.1 Å². The molecule has 0 bridgehead atoms. The molecule has 3 rings (SSSR count). The summed E-state index contributed by atoms with van der Waals surface area (Å²) in [6.45, 7) is 2.28. The van der Waals surface area contributed by atoms with Crippen molar-refractivity contribution in [1.29, 1.82) is 0 Å². The molecule has 2 atom stereocenters. The van der Waals surface area contributed by atoms with Crippen LogP contribution in [-0.2, 0) is 0 Å². The van der Waals surface area contributed by atoms with Gasteiger partial charge in [-0.2, -0.15) is 0 Å². The van der Waals surface area contributed by atoms with Crippen LogP contribution in [0.25, 0.3) is 0 Å². The van der Waals surface area contributed by atoms with Crippen molar-refractivity contribution in [1.82, 2.24) is 5.32 Å². The third-order valence-electron chi connectivity index (χ3n) is 4.52. The van der Waals surface area contributed by atoms with Gasteiger partial charge in [-0.25, -0.2) is 0 Å². The molecule has 21 heavy (non-hydrogen) atoms. The summed E-state index contributed by atoms with van der Waals surface area (Å²) in [7, 11) is 0. The molecule has 0 aliphatic heterocycles. The molecule has 1 N–H and O–H groups in total. The molecule has 1 nitrogen and oxygen atoms in total. The van der Waals surface area contributed by atoms with Crippen molar-refractivity contribution < 1.29 is 0 Å². The van der Waals surface area contributed by atoms with Gasteiger partial charge in [0.25, 0.3) is 0 Å². The zero-order valence-electron chi connectivity index (χ0n) is 12.4. The summed E-state index contributed by atoms with van der Waals surface area (Å²) >= 11 is 5.40. The number of thiophene rings is 1. The van der Waals surface area contributed by atoms with Gasteiger partial charge in [0.05, 0.1) is 0 Å². The summed E-state index contributed by atoms with van der Waals surface area (Å²) in [6, 6.07) is 14.0. The monoisotopic (exact) mass is 363 g/mol. The van der Waals surface area contributed by atoms with Gasteiger partial charge < -0.3 is 5.32 Å². The molecule has 2 aromatic rings. The Kier molecular flexibility index (Phi) is 5.15. The smallest absolute Gasteiger partial charge is 0.0448 e. The second kappa shape index (κ2) is 7.08. The van der Waals surface area contributed by atoms with Crippen molar-refractivity contribution >= 4 is 27.3 Å². The quantitative estimate of drug-likeness (QED) is 0.677. The van der Waals surface area contributed by atoms with Gasteiger partial charge in [0.2, 0.25) is 0 Å². The van der Waals surface area contributed by atoms with E-state index in [9.17, 15) is 0 Å². The van der Waals surface area contributed by atoms with Crippen molar-refractivity contribution in [3.63, 3.8) is 0 Å². The van der Waals surface area contributed by atoms with Crippen LogP contribution in [0.5, 0.6) is 0 Å². The van der Waals surface area contributed by atoms with Gasteiger partial charge >= 0.3 is 0 Å². The van der Waals surface area contributed by atoms with Crippen LogP contribution < -0.4 is 5.32 Å². The largest absolute Gasteiger partial charge is 0.302 e. The fourth-order valence-corrected chi connectivity index (χ4v) is 4.47. The van der Waals surface area contributed by atoms with E-state index in [1.54, 1.807) is 0 Å². The zero-order valence-corrected chi connectivity index (χ0v) is 14.8. The van der Waals surface area contributed by atoms with Crippen LogP contribution in [0.15, 0.2) is 46.3 Å². The molecule has 0 radical (unpaired) electrons. The van der Waals surface area contributed by atoms with Gasteiger partial charge in [0, 0.05) is 21.4 Å². The number of halogens is 1. The highest BCUT2D eigenvalue weighted by molar-refractivity contribution is 9.10. The third kappa shape index (κ3) is 3.77. The SMILES string of the molecule is C[C@H](NC(c1cccs1)C1CCCC1)c1ccc(Br)cc1. The second-order valence-corrected chi connectivity index (χ2v) is 7.87. The predicted octanol–water partition coefficient (Wildman–Crippen LogP) is 6.09. The lowest BCUT2D eigenvalue weighted by Gasteiger charge is -2.28. The van der Waals surface area contributed by atoms with Gasteiger partial charge in [0.15, 0.2) is 0 Å². The maximum absolute atomic E-state index is 3.89. The molecule has 1 fully saturated rings. The Morgan fingerprint density at radius 2 is 1.86 bits per heavy atom. The van der Waals surface area contributed by atoms with Gasteiger partial charge in [-0.05, 0) is 54.8 Å². The number of nitrogens with one attached hydrogen (secondary N) is 1. The summed E-state index contributed by atoms with van der Waals surface area (Å²) in [5.41, 5.74) is 1.36. The molecule has 1 unspecified atom stereocenters. The van der Waals surface area contributed by atoms with E-state index in [4.69, 9.17) is 0 Å². The molecule has 1 aliphatic rings. The Morgan fingerprint density at radius 1 is 1.14 bits per heavy atom. The Balaban J connectivity index is 1.76. The van der Waals surface area contributed by atoms with Crippen LogP contribution in [0.2, 0.25) is 0 Å². The van der Waals surface area contributed by atoms with E-state index in [0.29, 0.717) is 12.1 Å². The fraction of sp³-hybridized carbons (Fsp3) is 0.444. The van der Waals surface area contributed by atoms with Crippen molar-refractivity contribution in [2.45, 2.75) is 44.7 Å². The maximum Gasteiger partial charge on any atom is 0.0448 e. The first-order chi connectivity index (χ1) is 10.2. The number of hydrogen-bond donors (Lipinski definition) is 1. The number of benzene rings is 1. The van der Waals surface area contributed by atoms with E-state index >= 15 is 0 Å². The molecular formula is C18H22BrNS. The van der Waals surface area contributed by atoms with E-state index < -0.39 is 0 Å². The molecule has 1 saturated carbocycles. The molecular weight excluding hydrogens is 342 g/mol. The molecule has 1 aromatic carbocycles. The predicted molar refractivity (Wildman–Crippen MR) is 94.7 cm³/mol. The molecule has 3 heteroatoms. The van der Waals surface area contributed by atoms with Gasteiger partial charge in [-0.15, -0.1) is 11.3 Å². The normalized spacial score (nSPS) is 18.8. The first kappa shape index (κ1) is 15.3. The first-order valence-electron chi connectivity index (χ1n) is 7.79. The molecule has 112 valence electrons. The van der Waals surface area contributed by atoms with Crippen molar-refractivity contribution in [2.24, 2.45) is 5.92 Å². The molecule has 0 spiro atoms. The van der Waals surface area contributed by atoms with E-state index in [-0.39, 0.29) is 0 Å². The molecule has 0 amide bonds. The highest BCUT2D eigenvalue weighted by atomic mass is 79.9. The summed E-state index contributed by atoms with van der Waals surface area (Å²) in [4.78, 5) is 1.49. The minimum absolute atomic E-state index is 0.380. The Labute approximate surface area is 139 Å². The molecule has 0 saturated heterocycles. The van der Waals surface area contributed by atoms with E-state index in [1.807, 2.05) is 11.3 Å². The molecule has 1 aliphatic carbocycles. The van der Waals surface area contributed by atoms with E-state index in [2.05, 4.69) is 69.9 Å². The van der Waals surface area contributed by atoms with E-state index in [0.717, 1.165) is 10.4 Å².